The second kappa shape index (κ2) is 11.7. The fraction of sp³-hybridized carbons (Fsp3) is 0.500. The first-order chi connectivity index (χ1) is 17.5. The number of likely N-dealkylation sites (N-methyl/N-ethyl adjacent to an activating group) is 1. The van der Waals surface area contributed by atoms with Crippen molar-refractivity contribution in [3.8, 4) is 0 Å². The van der Waals surface area contributed by atoms with Crippen LogP contribution in [0.3, 0.4) is 0 Å². The van der Waals surface area contributed by atoms with Crippen LogP contribution in [-0.4, -0.2) is 74.0 Å². The van der Waals surface area contributed by atoms with E-state index in [1.165, 1.54) is 27.6 Å². The molecule has 1 aliphatic rings. The summed E-state index contributed by atoms with van der Waals surface area (Å²) in [6.45, 7) is 5.75. The van der Waals surface area contributed by atoms with E-state index in [0.717, 1.165) is 12.1 Å². The van der Waals surface area contributed by atoms with E-state index in [1.54, 1.807) is 25.2 Å². The molecule has 0 saturated carbocycles. The molecule has 12 heteroatoms. The normalized spacial score (nSPS) is 19.2. The third kappa shape index (κ3) is 7.21. The van der Waals surface area contributed by atoms with E-state index in [-0.39, 0.29) is 18.5 Å². The van der Waals surface area contributed by atoms with E-state index in [2.05, 4.69) is 4.90 Å². The Bertz CT molecular complexity index is 1260. The molecule has 210 valence electrons. The molecule has 0 spiro atoms. The molecule has 1 fully saturated rings. The van der Waals surface area contributed by atoms with Crippen molar-refractivity contribution in [1.29, 1.82) is 0 Å². The van der Waals surface area contributed by atoms with E-state index in [9.17, 15) is 26.4 Å². The zero-order valence-corrected chi connectivity index (χ0v) is 24.1. The molecule has 2 unspecified atom stereocenters. The number of hydrogen-bond donors (Lipinski definition) is 0. The molecule has 0 aliphatic carbocycles. The minimum absolute atomic E-state index is 0.123. The number of carbonyl (C=O) groups is 1. The summed E-state index contributed by atoms with van der Waals surface area (Å²) in [6, 6.07) is 9.59. The van der Waals surface area contributed by atoms with Gasteiger partial charge in [-0.05, 0) is 62.2 Å². The van der Waals surface area contributed by atoms with Gasteiger partial charge in [-0.25, -0.2) is 8.42 Å². The molecule has 0 aromatic heterocycles. The molecule has 1 aliphatic heterocycles. The first-order valence-corrected chi connectivity index (χ1v) is 14.7. The van der Waals surface area contributed by atoms with Crippen LogP contribution in [0.15, 0.2) is 42.5 Å². The molecule has 0 N–H and O–H groups in total. The summed E-state index contributed by atoms with van der Waals surface area (Å²) >= 11 is 12.4. The van der Waals surface area contributed by atoms with Crippen LogP contribution in [0, 0.1) is 0 Å². The van der Waals surface area contributed by atoms with Crippen LogP contribution < -0.4 is 0 Å². The summed E-state index contributed by atoms with van der Waals surface area (Å²) in [7, 11) is -1.69. The highest BCUT2D eigenvalue weighted by Crippen LogP contribution is 2.35. The molecule has 1 heterocycles. The van der Waals surface area contributed by atoms with Crippen molar-refractivity contribution in [3.05, 3.63) is 69.2 Å². The van der Waals surface area contributed by atoms with Gasteiger partial charge in [-0.1, -0.05) is 41.4 Å². The molecular formula is C26H32Cl2F3N3O3S. The van der Waals surface area contributed by atoms with Crippen LogP contribution in [0.4, 0.5) is 13.2 Å². The number of hydrogen-bond acceptors (Lipinski definition) is 4. The Labute approximate surface area is 232 Å². The number of amides is 1. The van der Waals surface area contributed by atoms with Crippen LogP contribution in [0.25, 0.3) is 0 Å². The average Bonchev–Trinajstić information content (AvgIpc) is 2.82. The van der Waals surface area contributed by atoms with Crippen molar-refractivity contribution in [2.75, 3.05) is 39.5 Å². The van der Waals surface area contributed by atoms with Gasteiger partial charge >= 0.3 is 6.18 Å². The number of piperazine rings is 1. The van der Waals surface area contributed by atoms with Crippen molar-refractivity contribution >= 4 is 39.1 Å². The van der Waals surface area contributed by atoms with Crippen molar-refractivity contribution in [3.63, 3.8) is 0 Å². The van der Waals surface area contributed by atoms with E-state index in [0.29, 0.717) is 53.8 Å². The number of carbonyl (C=O) groups excluding carboxylic acids is 1. The molecule has 1 amide bonds. The first kappa shape index (κ1) is 30.7. The van der Waals surface area contributed by atoms with Crippen molar-refractivity contribution < 1.29 is 26.4 Å². The number of halogens is 5. The van der Waals surface area contributed by atoms with Gasteiger partial charge in [0, 0.05) is 39.3 Å². The maximum Gasteiger partial charge on any atom is 0.416 e. The predicted octanol–water partition coefficient (Wildman–Crippen LogP) is 5.28. The van der Waals surface area contributed by atoms with Gasteiger partial charge in [-0.3, -0.25) is 4.79 Å². The summed E-state index contributed by atoms with van der Waals surface area (Å²) in [5.74, 6) is -0.224. The summed E-state index contributed by atoms with van der Waals surface area (Å²) < 4.78 is 64.3. The van der Waals surface area contributed by atoms with E-state index in [1.807, 2.05) is 13.8 Å². The number of sulfonamides is 1. The largest absolute Gasteiger partial charge is 0.416 e. The number of nitrogens with zero attached hydrogens (tertiary/aromatic N) is 3. The maximum atomic E-state index is 13.9. The first-order valence-electron chi connectivity index (χ1n) is 12.1. The predicted molar refractivity (Wildman–Crippen MR) is 144 cm³/mol. The smallest absolute Gasteiger partial charge is 0.341 e. The molecule has 0 bridgehead atoms. The van der Waals surface area contributed by atoms with Crippen molar-refractivity contribution in [1.82, 2.24) is 14.1 Å². The molecule has 6 nitrogen and oxygen atoms in total. The number of rotatable bonds is 8. The molecule has 2 aromatic rings. The highest BCUT2D eigenvalue weighted by atomic mass is 35.5. The minimum Gasteiger partial charge on any atom is -0.341 e. The Morgan fingerprint density at radius 1 is 1.05 bits per heavy atom. The van der Waals surface area contributed by atoms with E-state index in [4.69, 9.17) is 23.2 Å². The van der Waals surface area contributed by atoms with Gasteiger partial charge in [-0.2, -0.15) is 17.5 Å². The number of alkyl halides is 3. The Morgan fingerprint density at radius 2 is 1.66 bits per heavy atom. The van der Waals surface area contributed by atoms with Crippen LogP contribution in [0.5, 0.6) is 0 Å². The fourth-order valence-electron chi connectivity index (χ4n) is 4.87. The van der Waals surface area contributed by atoms with Crippen LogP contribution >= 0.6 is 23.2 Å². The lowest BCUT2D eigenvalue weighted by Crippen LogP contribution is -2.54. The molecule has 3 rings (SSSR count). The Balaban J connectivity index is 1.81. The third-order valence-corrected chi connectivity index (χ3v) is 9.21. The Morgan fingerprint density at radius 3 is 2.18 bits per heavy atom. The quantitative estimate of drug-likeness (QED) is 0.417. The van der Waals surface area contributed by atoms with Crippen molar-refractivity contribution in [2.45, 2.75) is 44.4 Å². The molecule has 0 radical (unpaired) electrons. The summed E-state index contributed by atoms with van der Waals surface area (Å²) in [6.07, 6.45) is -2.82. The zero-order chi connectivity index (χ0) is 28.5. The van der Waals surface area contributed by atoms with Crippen LogP contribution in [0.2, 0.25) is 10.0 Å². The zero-order valence-electron chi connectivity index (χ0n) is 21.7. The molecule has 1 saturated heterocycles. The Kier molecular flexibility index (Phi) is 9.46. The van der Waals surface area contributed by atoms with E-state index < -0.39 is 27.2 Å². The third-order valence-electron chi connectivity index (χ3n) is 7.08. The van der Waals surface area contributed by atoms with E-state index >= 15 is 0 Å². The van der Waals surface area contributed by atoms with Gasteiger partial charge < -0.3 is 9.80 Å². The standard InChI is InChI=1S/C26H32Cl2F3N3O3S/c1-18-16-33(13-14-34(18)38(4,36)37)12-11-25(2,21-9-10-22(27)23(28)15-21)24(35)32(3)17-19-5-7-20(8-6-19)26(29,30)31/h5-10,15,18H,11-14,16-17H2,1-4H3. The molecule has 2 atom stereocenters. The van der Waals surface area contributed by atoms with Crippen molar-refractivity contribution in [2.24, 2.45) is 0 Å². The van der Waals surface area contributed by atoms with Crippen LogP contribution in [-0.2, 0) is 33.0 Å². The van der Waals surface area contributed by atoms with Gasteiger partial charge in [0.05, 0.1) is 27.3 Å². The van der Waals surface area contributed by atoms with Gasteiger partial charge in [0.1, 0.15) is 0 Å². The van der Waals surface area contributed by atoms with Gasteiger partial charge in [0.25, 0.3) is 0 Å². The monoisotopic (exact) mass is 593 g/mol. The SMILES string of the molecule is CC1CN(CCC(C)(C(=O)N(C)Cc2ccc(C(F)(F)F)cc2)c2ccc(Cl)c(Cl)c2)CCN1S(C)(=O)=O. The highest BCUT2D eigenvalue weighted by molar-refractivity contribution is 7.88. The van der Waals surface area contributed by atoms with Gasteiger partial charge in [0.15, 0.2) is 0 Å². The average molecular weight is 595 g/mol. The second-order valence-corrected chi connectivity index (χ2v) is 12.8. The maximum absolute atomic E-state index is 13.9. The summed E-state index contributed by atoms with van der Waals surface area (Å²) in [4.78, 5) is 17.5. The van der Waals surface area contributed by atoms with Gasteiger partial charge in [0.2, 0.25) is 15.9 Å². The van der Waals surface area contributed by atoms with Gasteiger partial charge in [-0.15, -0.1) is 0 Å². The lowest BCUT2D eigenvalue weighted by atomic mass is 9.77. The number of benzene rings is 2. The summed E-state index contributed by atoms with van der Waals surface area (Å²) in [5, 5.41) is 0.665. The second-order valence-electron chi connectivity index (χ2n) is 10.1. The lowest BCUT2D eigenvalue weighted by molar-refractivity contribution is -0.138. The molecule has 2 aromatic carbocycles. The highest BCUT2D eigenvalue weighted by Gasteiger charge is 2.39. The van der Waals surface area contributed by atoms with Crippen LogP contribution in [0.1, 0.15) is 37.0 Å². The Hall–Kier alpha value is -1.85. The molecule has 38 heavy (non-hydrogen) atoms. The molecular weight excluding hydrogens is 562 g/mol. The fourth-order valence-corrected chi connectivity index (χ4v) is 6.31. The topological polar surface area (TPSA) is 60.9 Å². The lowest BCUT2D eigenvalue weighted by Gasteiger charge is -2.40. The minimum atomic E-state index is -4.43. The summed E-state index contributed by atoms with van der Waals surface area (Å²) in [5.41, 5.74) is -0.539.